The zero-order valence-corrected chi connectivity index (χ0v) is 20.0. The summed E-state index contributed by atoms with van der Waals surface area (Å²) >= 11 is 0. The predicted molar refractivity (Wildman–Crippen MR) is 142 cm³/mol. The third-order valence-electron chi connectivity index (χ3n) is 7.15. The van der Waals surface area contributed by atoms with E-state index in [1.54, 1.807) is 18.2 Å². The van der Waals surface area contributed by atoms with Gasteiger partial charge in [0.2, 0.25) is 0 Å². The number of aromatic hydroxyl groups is 1. The lowest BCUT2D eigenvalue weighted by molar-refractivity contribution is 0.292. The summed E-state index contributed by atoms with van der Waals surface area (Å²) in [6, 6.07) is 22.8. The van der Waals surface area contributed by atoms with E-state index in [-0.39, 0.29) is 11.5 Å². The Morgan fingerprint density at radius 3 is 2.09 bits per heavy atom. The van der Waals surface area contributed by atoms with E-state index in [1.807, 2.05) is 25.1 Å². The van der Waals surface area contributed by atoms with Gasteiger partial charge in [0.15, 0.2) is 0 Å². The van der Waals surface area contributed by atoms with Crippen LogP contribution in [-0.2, 0) is 11.8 Å². The van der Waals surface area contributed by atoms with Crippen LogP contribution in [0.4, 0.5) is 0 Å². The van der Waals surface area contributed by atoms with Crippen LogP contribution in [0.3, 0.4) is 0 Å². The number of allylic oxidation sites excluding steroid dienone is 5. The molecule has 2 heteroatoms. The number of hydrogen-bond donors (Lipinski definition) is 2. The molecule has 2 N–H and O–H groups in total. The van der Waals surface area contributed by atoms with E-state index in [0.29, 0.717) is 12.8 Å². The number of aliphatic hydroxyl groups is 1. The smallest absolute Gasteiger partial charge is 0.115 e. The standard InChI is InChI=1S/C32H32O2/c1-5-12-23-22-25(34)17-18-28(23)32(31(4,20-6-2)21-19-24(33)7-3)29-15-10-8-13-26(29)27-14-9-11-16-30(27)32/h5-11,13-19,21-22,33-34H,1-2,12,20H2,3-4H3/b21-19-,24-7+. The third-order valence-corrected chi connectivity index (χ3v) is 7.15. The van der Waals surface area contributed by atoms with Gasteiger partial charge in [0.05, 0.1) is 5.41 Å². The van der Waals surface area contributed by atoms with Gasteiger partial charge in [-0.1, -0.05) is 79.7 Å². The number of phenols is 1. The molecule has 0 amide bonds. The lowest BCUT2D eigenvalue weighted by Gasteiger charge is -2.48. The van der Waals surface area contributed by atoms with Crippen molar-refractivity contribution in [1.82, 2.24) is 0 Å². The highest BCUT2D eigenvalue weighted by Crippen LogP contribution is 2.63. The predicted octanol–water partition coefficient (Wildman–Crippen LogP) is 8.04. The summed E-state index contributed by atoms with van der Waals surface area (Å²) in [7, 11) is 0. The van der Waals surface area contributed by atoms with Crippen LogP contribution in [-0.4, -0.2) is 10.2 Å². The minimum Gasteiger partial charge on any atom is -0.508 e. The van der Waals surface area contributed by atoms with E-state index in [9.17, 15) is 10.2 Å². The average molecular weight is 449 g/mol. The summed E-state index contributed by atoms with van der Waals surface area (Å²) in [5, 5.41) is 20.7. The molecule has 172 valence electrons. The molecule has 0 radical (unpaired) electrons. The Kier molecular flexibility index (Phi) is 6.34. The number of phenolic OH excluding ortho intramolecular Hbond substituents is 1. The fraction of sp³-hybridized carbons (Fsp3) is 0.188. The Labute approximate surface area is 202 Å². The Morgan fingerprint density at radius 1 is 0.912 bits per heavy atom. The van der Waals surface area contributed by atoms with Crippen molar-refractivity contribution >= 4 is 0 Å². The van der Waals surface area contributed by atoms with Gasteiger partial charge in [0.1, 0.15) is 11.5 Å². The highest BCUT2D eigenvalue weighted by atomic mass is 16.3. The van der Waals surface area contributed by atoms with Crippen molar-refractivity contribution in [2.24, 2.45) is 5.41 Å². The van der Waals surface area contributed by atoms with Crippen molar-refractivity contribution in [3.8, 4) is 16.9 Å². The van der Waals surface area contributed by atoms with Crippen LogP contribution in [0.1, 0.15) is 42.5 Å². The lowest BCUT2D eigenvalue weighted by atomic mass is 9.54. The van der Waals surface area contributed by atoms with Gasteiger partial charge in [-0.25, -0.2) is 0 Å². The Hall–Kier alpha value is -3.78. The molecular weight excluding hydrogens is 416 g/mol. The molecule has 4 rings (SSSR count). The van der Waals surface area contributed by atoms with Gasteiger partial charge in [0, 0.05) is 5.41 Å². The maximum absolute atomic E-state index is 10.4. The van der Waals surface area contributed by atoms with Gasteiger partial charge < -0.3 is 10.2 Å². The normalized spacial score (nSPS) is 16.0. The summed E-state index contributed by atoms with van der Waals surface area (Å²) in [5.41, 5.74) is 5.91. The van der Waals surface area contributed by atoms with Crippen LogP contribution >= 0.6 is 0 Å². The largest absolute Gasteiger partial charge is 0.508 e. The van der Waals surface area contributed by atoms with Crippen LogP contribution in [0.25, 0.3) is 11.1 Å². The number of benzene rings is 3. The lowest BCUT2D eigenvalue weighted by Crippen LogP contribution is -2.44. The average Bonchev–Trinajstić information content (AvgIpc) is 3.15. The van der Waals surface area contributed by atoms with Crippen molar-refractivity contribution in [2.45, 2.75) is 32.1 Å². The van der Waals surface area contributed by atoms with Crippen molar-refractivity contribution < 1.29 is 10.2 Å². The Morgan fingerprint density at radius 2 is 1.53 bits per heavy atom. The van der Waals surface area contributed by atoms with Crippen molar-refractivity contribution in [3.05, 3.63) is 138 Å². The highest BCUT2D eigenvalue weighted by Gasteiger charge is 2.55. The molecular formula is C32H32O2. The highest BCUT2D eigenvalue weighted by molar-refractivity contribution is 5.85. The maximum atomic E-state index is 10.4. The summed E-state index contributed by atoms with van der Waals surface area (Å²) in [5.74, 6) is 0.463. The molecule has 0 saturated carbocycles. The quantitative estimate of drug-likeness (QED) is 0.208. The van der Waals surface area contributed by atoms with Gasteiger partial charge in [-0.3, -0.25) is 0 Å². The van der Waals surface area contributed by atoms with Crippen LogP contribution in [0.15, 0.2) is 116 Å². The zero-order chi connectivity index (χ0) is 24.3. The Bertz CT molecular complexity index is 1250. The number of hydrogen-bond acceptors (Lipinski definition) is 2. The van der Waals surface area contributed by atoms with Gasteiger partial charge >= 0.3 is 0 Å². The van der Waals surface area contributed by atoms with Crippen LogP contribution < -0.4 is 0 Å². The molecule has 2 nitrogen and oxygen atoms in total. The van der Waals surface area contributed by atoms with Gasteiger partial charge in [-0.05, 0) is 77.4 Å². The monoisotopic (exact) mass is 448 g/mol. The van der Waals surface area contributed by atoms with E-state index < -0.39 is 10.8 Å². The molecule has 1 aliphatic carbocycles. The fourth-order valence-corrected chi connectivity index (χ4v) is 5.73. The van der Waals surface area contributed by atoms with Gasteiger partial charge in [-0.2, -0.15) is 0 Å². The van der Waals surface area contributed by atoms with E-state index in [2.05, 4.69) is 80.8 Å². The molecule has 34 heavy (non-hydrogen) atoms. The summed E-state index contributed by atoms with van der Waals surface area (Å²) in [6.45, 7) is 12.1. The molecule has 0 fully saturated rings. The molecule has 1 unspecified atom stereocenters. The topological polar surface area (TPSA) is 40.5 Å². The van der Waals surface area contributed by atoms with E-state index in [1.165, 1.54) is 22.3 Å². The first kappa shape index (κ1) is 23.4. The van der Waals surface area contributed by atoms with Crippen molar-refractivity contribution in [1.29, 1.82) is 0 Å². The molecule has 3 aromatic carbocycles. The number of rotatable bonds is 8. The minimum absolute atomic E-state index is 0.224. The van der Waals surface area contributed by atoms with E-state index >= 15 is 0 Å². The summed E-state index contributed by atoms with van der Waals surface area (Å²) < 4.78 is 0. The molecule has 3 aromatic rings. The zero-order valence-electron chi connectivity index (χ0n) is 20.0. The van der Waals surface area contributed by atoms with Gasteiger partial charge in [0.25, 0.3) is 0 Å². The van der Waals surface area contributed by atoms with Crippen LogP contribution in [0, 0.1) is 5.41 Å². The third kappa shape index (κ3) is 3.51. The number of aliphatic hydroxyl groups excluding tert-OH is 1. The second kappa shape index (κ2) is 9.23. The molecule has 0 saturated heterocycles. The van der Waals surface area contributed by atoms with E-state index in [4.69, 9.17) is 0 Å². The minimum atomic E-state index is -0.578. The first-order valence-corrected chi connectivity index (χ1v) is 11.7. The molecule has 1 atom stereocenters. The first-order valence-electron chi connectivity index (χ1n) is 11.7. The summed E-state index contributed by atoms with van der Waals surface area (Å²) in [6.07, 6.45) is 10.7. The van der Waals surface area contributed by atoms with Crippen LogP contribution in [0.2, 0.25) is 0 Å². The number of fused-ring (bicyclic) bond motifs is 3. The van der Waals surface area contributed by atoms with Crippen molar-refractivity contribution in [2.75, 3.05) is 0 Å². The second-order valence-corrected chi connectivity index (χ2v) is 9.13. The maximum Gasteiger partial charge on any atom is 0.115 e. The summed E-state index contributed by atoms with van der Waals surface area (Å²) in [4.78, 5) is 0. The Balaban J connectivity index is 2.21. The molecule has 0 aliphatic heterocycles. The SMILES string of the molecule is C=CCc1cc(O)ccc1C1(C(C)(/C=C\C(O)=C/C)CC=C)c2ccccc2-c2ccccc21. The molecule has 0 heterocycles. The second-order valence-electron chi connectivity index (χ2n) is 9.13. The van der Waals surface area contributed by atoms with Gasteiger partial charge in [-0.15, -0.1) is 13.2 Å². The molecule has 0 aromatic heterocycles. The fourth-order valence-electron chi connectivity index (χ4n) is 5.73. The van der Waals surface area contributed by atoms with E-state index in [0.717, 1.165) is 11.1 Å². The molecule has 1 aliphatic rings. The molecule has 0 bridgehead atoms. The molecule has 0 spiro atoms. The first-order chi connectivity index (χ1) is 16.4. The van der Waals surface area contributed by atoms with Crippen molar-refractivity contribution in [3.63, 3.8) is 0 Å². The van der Waals surface area contributed by atoms with Crippen LogP contribution in [0.5, 0.6) is 5.75 Å².